The third-order valence-electron chi connectivity index (χ3n) is 2.31. The summed E-state index contributed by atoms with van der Waals surface area (Å²) in [5.41, 5.74) is 1.38. The van der Waals surface area contributed by atoms with E-state index >= 15 is 0 Å². The van der Waals surface area contributed by atoms with Crippen LogP contribution in [0.1, 0.15) is 5.56 Å². The molecule has 1 aromatic rings. The third kappa shape index (κ3) is 2.48. The second-order valence-corrected chi connectivity index (χ2v) is 3.58. The first kappa shape index (κ1) is 10.4. The van der Waals surface area contributed by atoms with Gasteiger partial charge in [-0.1, -0.05) is 12.1 Å². The topological polar surface area (TPSA) is 53.4 Å². The summed E-state index contributed by atoms with van der Waals surface area (Å²) in [5.74, 6) is -0.896. The monoisotopic (exact) mass is 216 g/mol. The zero-order valence-corrected chi connectivity index (χ0v) is 8.71. The lowest BCUT2D eigenvalue weighted by atomic mass is 10.2. The molecule has 82 valence electrons. The van der Waals surface area contributed by atoms with Crippen LogP contribution >= 0.6 is 0 Å². The van der Waals surface area contributed by atoms with Gasteiger partial charge in [-0.05, 0) is 17.7 Å². The Morgan fingerprint density at radius 3 is 3.12 bits per heavy atom. The van der Waals surface area contributed by atoms with Gasteiger partial charge in [0.1, 0.15) is 0 Å². The molecule has 0 aromatic carbocycles. The standard InChI is InChI=1S/C12H12N2O2/c15-12(16)11-4-2-6-14(9-11)8-10-3-1-5-13-7-10/h1-5,7,9H,6,8H2,(H,15,16). The van der Waals surface area contributed by atoms with Crippen molar-refractivity contribution in [1.29, 1.82) is 0 Å². The molecule has 4 heteroatoms. The molecule has 1 N–H and O–H groups in total. The van der Waals surface area contributed by atoms with E-state index in [-0.39, 0.29) is 0 Å². The van der Waals surface area contributed by atoms with Gasteiger partial charge in [0, 0.05) is 31.7 Å². The number of carboxylic acid groups (broad SMARTS) is 1. The van der Waals surface area contributed by atoms with E-state index in [1.54, 1.807) is 24.7 Å². The van der Waals surface area contributed by atoms with E-state index in [4.69, 9.17) is 5.11 Å². The highest BCUT2D eigenvalue weighted by Gasteiger charge is 2.10. The van der Waals surface area contributed by atoms with Crippen LogP contribution in [0.4, 0.5) is 0 Å². The average Bonchev–Trinajstić information content (AvgIpc) is 2.30. The van der Waals surface area contributed by atoms with Crippen LogP contribution in [0.15, 0.2) is 48.5 Å². The Kier molecular flexibility index (Phi) is 3.00. The molecule has 0 radical (unpaired) electrons. The van der Waals surface area contributed by atoms with Gasteiger partial charge < -0.3 is 10.0 Å². The molecule has 1 aliphatic heterocycles. The first-order valence-electron chi connectivity index (χ1n) is 5.00. The molecule has 4 nitrogen and oxygen atoms in total. The van der Waals surface area contributed by atoms with Crippen LogP contribution in [0, 0.1) is 0 Å². The molecule has 0 saturated heterocycles. The fourth-order valence-electron chi connectivity index (χ4n) is 1.57. The SMILES string of the molecule is O=C(O)C1=CN(Cc2cccnc2)CC=C1. The predicted octanol–water partition coefficient (Wildman–Crippen LogP) is 1.42. The molecule has 0 amide bonds. The lowest BCUT2D eigenvalue weighted by Gasteiger charge is -2.21. The van der Waals surface area contributed by atoms with Gasteiger partial charge >= 0.3 is 5.97 Å². The minimum absolute atomic E-state index is 0.315. The molecule has 0 bridgehead atoms. The Balaban J connectivity index is 2.07. The number of aliphatic carboxylic acids is 1. The quantitative estimate of drug-likeness (QED) is 0.830. The van der Waals surface area contributed by atoms with E-state index in [1.807, 2.05) is 23.1 Å². The summed E-state index contributed by atoms with van der Waals surface area (Å²) in [7, 11) is 0. The Hall–Kier alpha value is -2.10. The maximum Gasteiger partial charge on any atom is 0.337 e. The highest BCUT2D eigenvalue weighted by Crippen LogP contribution is 2.11. The molecular formula is C12H12N2O2. The number of hydrogen-bond donors (Lipinski definition) is 1. The van der Waals surface area contributed by atoms with E-state index in [1.165, 1.54) is 0 Å². The lowest BCUT2D eigenvalue weighted by molar-refractivity contribution is -0.132. The molecule has 2 heterocycles. The van der Waals surface area contributed by atoms with Gasteiger partial charge in [-0.25, -0.2) is 4.79 Å². The van der Waals surface area contributed by atoms with Crippen molar-refractivity contribution in [2.75, 3.05) is 6.54 Å². The van der Waals surface area contributed by atoms with Crippen molar-refractivity contribution in [3.8, 4) is 0 Å². The van der Waals surface area contributed by atoms with Gasteiger partial charge in [-0.3, -0.25) is 4.98 Å². The van der Waals surface area contributed by atoms with Gasteiger partial charge in [0.25, 0.3) is 0 Å². The summed E-state index contributed by atoms with van der Waals surface area (Å²) in [6.07, 6.45) is 8.64. The van der Waals surface area contributed by atoms with E-state index in [2.05, 4.69) is 4.98 Å². The Morgan fingerprint density at radius 2 is 2.44 bits per heavy atom. The van der Waals surface area contributed by atoms with Crippen LogP contribution in [0.2, 0.25) is 0 Å². The number of carbonyl (C=O) groups is 1. The van der Waals surface area contributed by atoms with Crippen molar-refractivity contribution >= 4 is 5.97 Å². The van der Waals surface area contributed by atoms with E-state index in [0.29, 0.717) is 12.1 Å². The van der Waals surface area contributed by atoms with Crippen LogP contribution in [-0.2, 0) is 11.3 Å². The smallest absolute Gasteiger partial charge is 0.337 e. The molecule has 1 aromatic heterocycles. The zero-order chi connectivity index (χ0) is 11.4. The summed E-state index contributed by atoms with van der Waals surface area (Å²) in [6, 6.07) is 3.84. The van der Waals surface area contributed by atoms with E-state index < -0.39 is 5.97 Å². The second kappa shape index (κ2) is 4.61. The first-order chi connectivity index (χ1) is 7.75. The summed E-state index contributed by atoms with van der Waals surface area (Å²) >= 11 is 0. The third-order valence-corrected chi connectivity index (χ3v) is 2.31. The van der Waals surface area contributed by atoms with Gasteiger partial charge in [-0.15, -0.1) is 0 Å². The molecule has 1 aliphatic rings. The van der Waals surface area contributed by atoms with Crippen molar-refractivity contribution in [3.63, 3.8) is 0 Å². The maximum atomic E-state index is 10.8. The van der Waals surface area contributed by atoms with Crippen LogP contribution in [0.25, 0.3) is 0 Å². The Bertz CT molecular complexity index is 438. The van der Waals surface area contributed by atoms with Crippen molar-refractivity contribution < 1.29 is 9.90 Å². The summed E-state index contributed by atoms with van der Waals surface area (Å²) < 4.78 is 0. The fraction of sp³-hybridized carbons (Fsp3) is 0.167. The van der Waals surface area contributed by atoms with Crippen molar-refractivity contribution in [2.24, 2.45) is 0 Å². The molecular weight excluding hydrogens is 204 g/mol. The van der Waals surface area contributed by atoms with Gasteiger partial charge in [0.2, 0.25) is 0 Å². The fourth-order valence-corrected chi connectivity index (χ4v) is 1.57. The zero-order valence-electron chi connectivity index (χ0n) is 8.71. The summed E-state index contributed by atoms with van der Waals surface area (Å²) in [4.78, 5) is 16.8. The molecule has 0 spiro atoms. The van der Waals surface area contributed by atoms with Gasteiger partial charge in [0.15, 0.2) is 0 Å². The second-order valence-electron chi connectivity index (χ2n) is 3.58. The van der Waals surface area contributed by atoms with Crippen molar-refractivity contribution in [1.82, 2.24) is 9.88 Å². The molecule has 0 fully saturated rings. The Labute approximate surface area is 93.5 Å². The first-order valence-corrected chi connectivity index (χ1v) is 5.00. The molecule has 0 atom stereocenters. The lowest BCUT2D eigenvalue weighted by Crippen LogP contribution is -2.21. The number of nitrogens with zero attached hydrogens (tertiary/aromatic N) is 2. The Morgan fingerprint density at radius 1 is 1.56 bits per heavy atom. The van der Waals surface area contributed by atoms with Crippen molar-refractivity contribution in [2.45, 2.75) is 6.54 Å². The van der Waals surface area contributed by atoms with E-state index in [9.17, 15) is 4.79 Å². The van der Waals surface area contributed by atoms with Gasteiger partial charge in [0.05, 0.1) is 5.57 Å². The van der Waals surface area contributed by atoms with E-state index in [0.717, 1.165) is 12.1 Å². The number of hydrogen-bond acceptors (Lipinski definition) is 3. The predicted molar refractivity (Wildman–Crippen MR) is 59.5 cm³/mol. The summed E-state index contributed by atoms with van der Waals surface area (Å²) in [5, 5.41) is 8.86. The number of rotatable bonds is 3. The van der Waals surface area contributed by atoms with Crippen LogP contribution in [-0.4, -0.2) is 27.5 Å². The molecule has 0 saturated carbocycles. The highest BCUT2D eigenvalue weighted by molar-refractivity contribution is 5.89. The number of pyridine rings is 1. The molecule has 16 heavy (non-hydrogen) atoms. The molecule has 2 rings (SSSR count). The molecule has 0 aliphatic carbocycles. The number of aromatic nitrogens is 1. The molecule has 0 unspecified atom stereocenters. The van der Waals surface area contributed by atoms with Crippen LogP contribution in [0.3, 0.4) is 0 Å². The largest absolute Gasteiger partial charge is 0.478 e. The average molecular weight is 216 g/mol. The van der Waals surface area contributed by atoms with Crippen LogP contribution in [0.5, 0.6) is 0 Å². The highest BCUT2D eigenvalue weighted by atomic mass is 16.4. The number of carboxylic acids is 1. The minimum Gasteiger partial charge on any atom is -0.478 e. The maximum absolute atomic E-state index is 10.8. The van der Waals surface area contributed by atoms with Crippen molar-refractivity contribution in [3.05, 3.63) is 54.0 Å². The van der Waals surface area contributed by atoms with Crippen LogP contribution < -0.4 is 0 Å². The minimum atomic E-state index is -0.896. The normalized spacial score (nSPS) is 14.8. The summed E-state index contributed by atoms with van der Waals surface area (Å²) in [6.45, 7) is 1.40. The van der Waals surface area contributed by atoms with Gasteiger partial charge in [-0.2, -0.15) is 0 Å².